The van der Waals surface area contributed by atoms with Gasteiger partial charge in [0.25, 0.3) is 5.91 Å². The lowest BCUT2D eigenvalue weighted by molar-refractivity contribution is 0.0937. The molecule has 3 aromatic heterocycles. The number of hydrogen-bond acceptors (Lipinski definition) is 7. The van der Waals surface area contributed by atoms with E-state index in [1.807, 2.05) is 40.8 Å². The van der Waals surface area contributed by atoms with Crippen molar-refractivity contribution in [2.75, 3.05) is 58.4 Å². The van der Waals surface area contributed by atoms with Gasteiger partial charge in [-0.25, -0.2) is 4.98 Å². The molecule has 1 N–H and O–H groups in total. The fraction of sp³-hybridized carbons (Fsp3) is 0.375. The molecule has 4 aromatic rings. The zero-order valence-electron chi connectivity index (χ0n) is 18.8. The molecule has 0 aliphatic carbocycles. The minimum absolute atomic E-state index is 0.158. The van der Waals surface area contributed by atoms with Crippen LogP contribution in [0.5, 0.6) is 0 Å². The van der Waals surface area contributed by atoms with Crippen LogP contribution in [0.1, 0.15) is 16.8 Å². The molecule has 0 spiro atoms. The monoisotopic (exact) mass is 465 g/mol. The molecular weight excluding hydrogens is 438 g/mol. The van der Waals surface area contributed by atoms with Crippen LogP contribution in [-0.4, -0.2) is 73.7 Å². The fourth-order valence-corrected chi connectivity index (χ4v) is 5.57. The van der Waals surface area contributed by atoms with Crippen LogP contribution in [0.2, 0.25) is 0 Å². The van der Waals surface area contributed by atoms with Gasteiger partial charge >= 0.3 is 0 Å². The number of nitrogens with one attached hydrogen (secondary N) is 1. The molecule has 0 bridgehead atoms. The van der Waals surface area contributed by atoms with Crippen LogP contribution < -0.4 is 15.6 Å². The Morgan fingerprint density at radius 2 is 2.00 bits per heavy atom. The summed E-state index contributed by atoms with van der Waals surface area (Å²) >= 11 is 1.44. The Hall–Kier alpha value is -3.01. The summed E-state index contributed by atoms with van der Waals surface area (Å²) in [5.74, 6) is 0.473. The van der Waals surface area contributed by atoms with Crippen molar-refractivity contribution in [3.8, 4) is 0 Å². The quantitative estimate of drug-likeness (QED) is 0.457. The average molecular weight is 466 g/mol. The van der Waals surface area contributed by atoms with Gasteiger partial charge in [-0.2, -0.15) is 0 Å². The number of aromatic nitrogens is 2. The summed E-state index contributed by atoms with van der Waals surface area (Å²) in [5, 5.41) is 3.26. The maximum atomic E-state index is 13.5. The van der Waals surface area contributed by atoms with Crippen LogP contribution in [0.15, 0.2) is 41.2 Å². The summed E-state index contributed by atoms with van der Waals surface area (Å²) in [5.41, 5.74) is 1.40. The predicted molar refractivity (Wildman–Crippen MR) is 133 cm³/mol. The molecule has 172 valence electrons. The van der Waals surface area contributed by atoms with E-state index < -0.39 is 0 Å². The molecule has 5 rings (SSSR count). The molecule has 1 aliphatic rings. The van der Waals surface area contributed by atoms with E-state index in [0.29, 0.717) is 29.0 Å². The van der Waals surface area contributed by atoms with Crippen molar-refractivity contribution in [1.29, 1.82) is 0 Å². The maximum Gasteiger partial charge on any atom is 0.258 e. The van der Waals surface area contributed by atoms with E-state index in [-0.39, 0.29) is 16.9 Å². The second-order valence-electron chi connectivity index (χ2n) is 8.35. The van der Waals surface area contributed by atoms with Gasteiger partial charge in [0.05, 0.1) is 22.2 Å². The number of benzene rings is 1. The zero-order chi connectivity index (χ0) is 22.9. The highest BCUT2D eigenvalue weighted by Crippen LogP contribution is 2.31. The standard InChI is InChI=1S/C24H27N5O3S/c1-27-11-5-12-28(14-13-27)19-9-8-16-21(30)20(23(31)25-10-15-32-2)24-29(22(16)26-19)17-6-3-4-7-18(17)33-24/h3-4,6-9H,5,10-15H2,1-2H3,(H,25,31). The van der Waals surface area contributed by atoms with Crippen molar-refractivity contribution in [2.24, 2.45) is 0 Å². The van der Waals surface area contributed by atoms with Gasteiger partial charge < -0.3 is 19.9 Å². The first-order valence-electron chi connectivity index (χ1n) is 11.2. The Kier molecular flexibility index (Phi) is 6.01. The number of methoxy groups -OCH3 is 1. The number of carbonyl (C=O) groups excluding carboxylic acids is 1. The van der Waals surface area contributed by atoms with E-state index in [4.69, 9.17) is 9.72 Å². The van der Waals surface area contributed by atoms with Crippen molar-refractivity contribution in [3.63, 3.8) is 0 Å². The lowest BCUT2D eigenvalue weighted by atomic mass is 10.1. The lowest BCUT2D eigenvalue weighted by Crippen LogP contribution is -2.32. The van der Waals surface area contributed by atoms with Crippen molar-refractivity contribution in [1.82, 2.24) is 19.6 Å². The third-order valence-corrected chi connectivity index (χ3v) is 7.28. The minimum Gasteiger partial charge on any atom is -0.383 e. The number of fused-ring (bicyclic) bond motifs is 5. The summed E-state index contributed by atoms with van der Waals surface area (Å²) in [6.07, 6.45) is 1.06. The molecule has 0 saturated carbocycles. The predicted octanol–water partition coefficient (Wildman–Crippen LogP) is 2.58. The van der Waals surface area contributed by atoms with E-state index in [1.165, 1.54) is 11.3 Å². The van der Waals surface area contributed by atoms with Gasteiger partial charge in [-0.15, -0.1) is 11.3 Å². The van der Waals surface area contributed by atoms with Gasteiger partial charge in [0.15, 0.2) is 5.65 Å². The highest BCUT2D eigenvalue weighted by Gasteiger charge is 2.23. The molecule has 1 fully saturated rings. The maximum absolute atomic E-state index is 13.5. The number of carbonyl (C=O) groups is 1. The van der Waals surface area contributed by atoms with Crippen LogP contribution in [0, 0.1) is 0 Å². The second-order valence-corrected chi connectivity index (χ2v) is 9.38. The lowest BCUT2D eigenvalue weighted by Gasteiger charge is -2.22. The highest BCUT2D eigenvalue weighted by molar-refractivity contribution is 7.24. The number of nitrogens with zero attached hydrogens (tertiary/aromatic N) is 4. The third kappa shape index (κ3) is 3.96. The van der Waals surface area contributed by atoms with Crippen molar-refractivity contribution < 1.29 is 9.53 Å². The van der Waals surface area contributed by atoms with Gasteiger partial charge in [-0.3, -0.25) is 14.0 Å². The van der Waals surface area contributed by atoms with Gasteiger partial charge in [0.2, 0.25) is 5.43 Å². The number of hydrogen-bond donors (Lipinski definition) is 1. The molecule has 1 aliphatic heterocycles. The van der Waals surface area contributed by atoms with Gasteiger partial charge in [-0.05, 0) is 44.3 Å². The molecule has 0 radical (unpaired) electrons. The largest absolute Gasteiger partial charge is 0.383 e. The van der Waals surface area contributed by atoms with Gasteiger partial charge in [0, 0.05) is 33.3 Å². The molecule has 0 unspecified atom stereocenters. The zero-order valence-corrected chi connectivity index (χ0v) is 19.7. The normalized spacial score (nSPS) is 15.4. The summed E-state index contributed by atoms with van der Waals surface area (Å²) in [7, 11) is 3.71. The van der Waals surface area contributed by atoms with Crippen molar-refractivity contribution >= 4 is 49.1 Å². The summed E-state index contributed by atoms with van der Waals surface area (Å²) in [4.78, 5) is 36.8. The summed E-state index contributed by atoms with van der Waals surface area (Å²) in [6, 6.07) is 11.7. The van der Waals surface area contributed by atoms with Crippen LogP contribution in [-0.2, 0) is 4.74 Å². The number of anilines is 1. The number of thiazole rings is 1. The van der Waals surface area contributed by atoms with E-state index in [0.717, 1.165) is 48.6 Å². The van der Waals surface area contributed by atoms with Gasteiger partial charge in [0.1, 0.15) is 16.2 Å². The molecular formula is C24H27N5O3S. The number of likely N-dealkylation sites (N-methyl/N-ethyl adjacent to an activating group) is 1. The first kappa shape index (κ1) is 21.8. The molecule has 1 saturated heterocycles. The Morgan fingerprint density at radius 3 is 2.85 bits per heavy atom. The minimum atomic E-state index is -0.386. The molecule has 1 aromatic carbocycles. The Morgan fingerprint density at radius 1 is 1.15 bits per heavy atom. The van der Waals surface area contributed by atoms with Crippen molar-refractivity contribution in [2.45, 2.75) is 6.42 Å². The number of pyridine rings is 2. The smallest absolute Gasteiger partial charge is 0.258 e. The molecule has 4 heterocycles. The molecule has 0 atom stereocenters. The van der Waals surface area contributed by atoms with Crippen LogP contribution in [0.3, 0.4) is 0 Å². The Balaban J connectivity index is 1.72. The highest BCUT2D eigenvalue weighted by atomic mass is 32.1. The second kappa shape index (κ2) is 9.09. The third-order valence-electron chi connectivity index (χ3n) is 6.14. The Labute approximate surface area is 195 Å². The number of amides is 1. The van der Waals surface area contributed by atoms with E-state index in [9.17, 15) is 9.59 Å². The first-order valence-corrected chi connectivity index (χ1v) is 12.0. The molecule has 33 heavy (non-hydrogen) atoms. The van der Waals surface area contributed by atoms with E-state index in [1.54, 1.807) is 7.11 Å². The molecule has 9 heteroatoms. The van der Waals surface area contributed by atoms with Crippen LogP contribution in [0.25, 0.3) is 26.1 Å². The first-order chi connectivity index (χ1) is 16.1. The van der Waals surface area contributed by atoms with Crippen LogP contribution >= 0.6 is 11.3 Å². The Bertz CT molecular complexity index is 1400. The van der Waals surface area contributed by atoms with Gasteiger partial charge in [-0.1, -0.05) is 12.1 Å². The average Bonchev–Trinajstić information content (AvgIpc) is 3.06. The van der Waals surface area contributed by atoms with Crippen LogP contribution in [0.4, 0.5) is 5.82 Å². The van der Waals surface area contributed by atoms with E-state index in [2.05, 4.69) is 22.2 Å². The SMILES string of the molecule is COCCNC(=O)c1c(=O)c2ccc(N3CCCN(C)CC3)nc2n2c1sc1ccccc12. The number of para-hydroxylation sites is 1. The number of ether oxygens (including phenoxy) is 1. The molecule has 1 amide bonds. The van der Waals surface area contributed by atoms with Crippen molar-refractivity contribution in [3.05, 3.63) is 52.2 Å². The topological polar surface area (TPSA) is 79.2 Å². The summed E-state index contributed by atoms with van der Waals surface area (Å²) < 4.78 is 8.00. The molecule has 8 nitrogen and oxygen atoms in total. The fourth-order valence-electron chi connectivity index (χ4n) is 4.39. The van der Waals surface area contributed by atoms with E-state index >= 15 is 0 Å². The summed E-state index contributed by atoms with van der Waals surface area (Å²) in [6.45, 7) is 4.56. The number of rotatable bonds is 5.